The van der Waals surface area contributed by atoms with Gasteiger partial charge in [-0.15, -0.1) is 0 Å². The summed E-state index contributed by atoms with van der Waals surface area (Å²) >= 11 is 3.18. The molecule has 0 amide bonds. The third-order valence-corrected chi connectivity index (χ3v) is 11.1. The Balaban J connectivity index is 1.63. The highest BCUT2D eigenvalue weighted by molar-refractivity contribution is 7.99. The van der Waals surface area contributed by atoms with E-state index in [0.29, 0.717) is 22.0 Å². The molecule has 0 radical (unpaired) electrons. The summed E-state index contributed by atoms with van der Waals surface area (Å²) in [5.41, 5.74) is 9.87. The van der Waals surface area contributed by atoms with Crippen LogP contribution in [0.5, 0.6) is 0 Å². The van der Waals surface area contributed by atoms with Crippen LogP contribution in [0.3, 0.4) is 0 Å². The van der Waals surface area contributed by atoms with E-state index in [2.05, 4.69) is 30.7 Å². The zero-order chi connectivity index (χ0) is 31.5. The van der Waals surface area contributed by atoms with E-state index in [4.69, 9.17) is 10.7 Å². The normalized spacial score (nSPS) is 21.0. The first-order chi connectivity index (χ1) is 21.0. The van der Waals surface area contributed by atoms with E-state index in [0.717, 1.165) is 58.4 Å². The first-order valence-electron chi connectivity index (χ1n) is 14.9. The highest BCUT2D eigenvalue weighted by atomic mass is 32.2. The Morgan fingerprint density at radius 1 is 1.05 bits per heavy atom. The van der Waals surface area contributed by atoms with E-state index in [9.17, 15) is 5.11 Å². The molecule has 0 fully saturated rings. The van der Waals surface area contributed by atoms with Gasteiger partial charge in [-0.25, -0.2) is 13.8 Å². The lowest BCUT2D eigenvalue weighted by Gasteiger charge is -2.32. The second-order valence-electron chi connectivity index (χ2n) is 12.4. The van der Waals surface area contributed by atoms with Crippen LogP contribution in [0.4, 0.5) is 8.78 Å². The second-order valence-corrected chi connectivity index (χ2v) is 14.6. The molecule has 1 atom stereocenters. The summed E-state index contributed by atoms with van der Waals surface area (Å²) in [6, 6.07) is 16.0. The quantitative estimate of drug-likeness (QED) is 0.207. The van der Waals surface area contributed by atoms with Gasteiger partial charge in [0.25, 0.3) is 0 Å². The lowest BCUT2D eigenvalue weighted by Crippen LogP contribution is -2.40. The van der Waals surface area contributed by atoms with Crippen molar-refractivity contribution in [1.82, 2.24) is 4.98 Å². The Labute approximate surface area is 266 Å². The van der Waals surface area contributed by atoms with Gasteiger partial charge >= 0.3 is 0 Å². The zero-order valence-electron chi connectivity index (χ0n) is 25.7. The number of hydrogen-bond donors (Lipinski definition) is 3. The van der Waals surface area contributed by atoms with Crippen LogP contribution in [0.1, 0.15) is 62.3 Å². The number of rotatable bonds is 2. The summed E-state index contributed by atoms with van der Waals surface area (Å²) in [7, 11) is 1.57. The molecule has 0 saturated heterocycles. The highest BCUT2D eigenvalue weighted by Gasteiger charge is 2.33. The number of aliphatic imine (C=N–C) groups is 2. The predicted molar refractivity (Wildman–Crippen MR) is 181 cm³/mol. The third-order valence-electron chi connectivity index (χ3n) is 8.53. The van der Waals surface area contributed by atoms with Crippen LogP contribution in [0, 0.1) is 17.0 Å². The molecule has 2 heterocycles. The standard InChI is InChI=1S/C35H40F2N4OS2/c1-34(2)13-6-14-35(3,23-8-5-7-22(17-23)20-42)33(38)41-32(39-4)27-18-24(9-10-28(27)36)44-31-26(12-16-43-21-34)25-11-15-40-30(25)19-29(31)37/h5,7-11,15,17-19,40,42H,6,12-14,16,20-21H2,1-4H3,(H2,38,39,41)/t35-/m1/s1. The SMILES string of the molecule is CN=C1N=C(N)[C@@](C)(c2cccc(CO)c2)CCCC(C)(C)CSCCc2c(c(F)cc3[nH]ccc23)Sc2ccc(F)c1c2. The van der Waals surface area contributed by atoms with Gasteiger partial charge in [-0.05, 0) is 90.1 Å². The number of halogens is 2. The van der Waals surface area contributed by atoms with Gasteiger partial charge in [0.15, 0.2) is 5.84 Å². The first-order valence-corrected chi connectivity index (χ1v) is 16.9. The van der Waals surface area contributed by atoms with E-state index >= 15 is 8.78 Å². The van der Waals surface area contributed by atoms with Crippen LogP contribution in [-0.4, -0.2) is 40.3 Å². The number of nitrogens with one attached hydrogen (secondary N) is 1. The molecule has 0 saturated carbocycles. The van der Waals surface area contributed by atoms with Crippen LogP contribution in [0.25, 0.3) is 10.9 Å². The van der Waals surface area contributed by atoms with Gasteiger partial charge in [-0.2, -0.15) is 11.8 Å². The Morgan fingerprint density at radius 2 is 1.86 bits per heavy atom. The number of nitrogens with two attached hydrogens (primary N) is 1. The number of aromatic amines is 1. The van der Waals surface area contributed by atoms with Crippen molar-refractivity contribution in [2.75, 3.05) is 18.6 Å². The second kappa shape index (κ2) is 13.5. The number of aliphatic hydroxyl groups excluding tert-OH is 1. The minimum absolute atomic E-state index is 0.0649. The first kappa shape index (κ1) is 32.3. The maximum absolute atomic E-state index is 15.6. The Kier molecular flexibility index (Phi) is 9.87. The summed E-state index contributed by atoms with van der Waals surface area (Å²) in [4.78, 5) is 13.5. The largest absolute Gasteiger partial charge is 0.392 e. The molecule has 3 aromatic carbocycles. The minimum Gasteiger partial charge on any atom is -0.392 e. The lowest BCUT2D eigenvalue weighted by molar-refractivity contribution is 0.281. The number of thioether (sulfide) groups is 1. The van der Waals surface area contributed by atoms with Crippen molar-refractivity contribution in [3.05, 3.63) is 94.7 Å². The van der Waals surface area contributed by atoms with Crippen molar-refractivity contribution >= 4 is 46.1 Å². The number of aliphatic hydroxyl groups is 1. The van der Waals surface area contributed by atoms with Gasteiger partial charge in [-0.1, -0.05) is 56.3 Å². The van der Waals surface area contributed by atoms with Crippen molar-refractivity contribution in [2.45, 2.75) is 68.3 Å². The molecule has 1 aliphatic rings. The number of H-pyrrole nitrogens is 1. The minimum atomic E-state index is -0.678. The molecular weight excluding hydrogens is 595 g/mol. The Hall–Kier alpha value is -3.14. The number of hydrogen-bond acceptors (Lipinski definition) is 5. The van der Waals surface area contributed by atoms with Crippen molar-refractivity contribution in [3.8, 4) is 0 Å². The fourth-order valence-corrected chi connectivity index (χ4v) is 8.09. The Morgan fingerprint density at radius 3 is 2.64 bits per heavy atom. The maximum atomic E-state index is 15.6. The monoisotopic (exact) mass is 634 g/mol. The molecule has 2 bridgehead atoms. The molecule has 1 aliphatic heterocycles. The maximum Gasteiger partial charge on any atom is 0.159 e. The molecular formula is C35H40F2N4OS2. The highest BCUT2D eigenvalue weighted by Crippen LogP contribution is 2.40. The van der Waals surface area contributed by atoms with Crippen molar-refractivity contribution in [1.29, 1.82) is 0 Å². The molecule has 5 rings (SSSR count). The van der Waals surface area contributed by atoms with Crippen LogP contribution < -0.4 is 5.73 Å². The van der Waals surface area contributed by atoms with Crippen molar-refractivity contribution in [2.24, 2.45) is 21.1 Å². The molecule has 232 valence electrons. The third kappa shape index (κ3) is 6.90. The molecule has 5 nitrogen and oxygen atoms in total. The van der Waals surface area contributed by atoms with Gasteiger partial charge in [0, 0.05) is 34.5 Å². The summed E-state index contributed by atoms with van der Waals surface area (Å²) in [6.45, 7) is 6.54. The fraction of sp³-hybridized carbons (Fsp3) is 0.371. The van der Waals surface area contributed by atoms with Crippen LogP contribution in [-0.2, 0) is 18.4 Å². The molecule has 0 unspecified atom stereocenters. The molecule has 4 aromatic rings. The summed E-state index contributed by atoms with van der Waals surface area (Å²) in [5, 5.41) is 10.8. The van der Waals surface area contributed by atoms with Gasteiger partial charge < -0.3 is 15.8 Å². The van der Waals surface area contributed by atoms with Crippen LogP contribution in [0.15, 0.2) is 80.6 Å². The van der Waals surface area contributed by atoms with E-state index in [1.54, 1.807) is 19.2 Å². The van der Waals surface area contributed by atoms with E-state index < -0.39 is 11.2 Å². The average molecular weight is 635 g/mol. The number of aromatic nitrogens is 1. The molecule has 0 aliphatic carbocycles. The molecule has 4 N–H and O–H groups in total. The van der Waals surface area contributed by atoms with E-state index in [-0.39, 0.29) is 29.2 Å². The summed E-state index contributed by atoms with van der Waals surface area (Å²) < 4.78 is 31.0. The average Bonchev–Trinajstić information content (AvgIpc) is 3.47. The number of aryl methyl sites for hydroxylation is 1. The smallest absolute Gasteiger partial charge is 0.159 e. The number of amidine groups is 2. The van der Waals surface area contributed by atoms with Gasteiger partial charge in [0.05, 0.1) is 17.1 Å². The zero-order valence-corrected chi connectivity index (χ0v) is 27.3. The Bertz CT molecular complexity index is 1710. The van der Waals surface area contributed by atoms with Crippen molar-refractivity contribution < 1.29 is 13.9 Å². The molecule has 1 aromatic heterocycles. The van der Waals surface area contributed by atoms with Gasteiger partial charge in [0.2, 0.25) is 0 Å². The van der Waals surface area contributed by atoms with Gasteiger partial charge in [-0.3, -0.25) is 4.99 Å². The van der Waals surface area contributed by atoms with Crippen LogP contribution in [0.2, 0.25) is 0 Å². The summed E-state index contributed by atoms with van der Waals surface area (Å²) in [5.74, 6) is 1.53. The number of benzene rings is 3. The summed E-state index contributed by atoms with van der Waals surface area (Å²) in [6.07, 6.45) is 5.13. The van der Waals surface area contributed by atoms with Crippen LogP contribution >= 0.6 is 23.5 Å². The molecule has 9 heteroatoms. The lowest BCUT2D eigenvalue weighted by atomic mass is 9.75. The van der Waals surface area contributed by atoms with E-state index in [1.165, 1.54) is 23.9 Å². The molecule has 44 heavy (non-hydrogen) atoms. The number of nitrogens with zero attached hydrogens (tertiary/aromatic N) is 2. The van der Waals surface area contributed by atoms with E-state index in [1.807, 2.05) is 48.3 Å². The number of fused-ring (bicyclic) bond motifs is 5. The van der Waals surface area contributed by atoms with Crippen molar-refractivity contribution in [3.63, 3.8) is 0 Å². The van der Waals surface area contributed by atoms with Gasteiger partial charge in [0.1, 0.15) is 17.5 Å². The molecule has 0 spiro atoms. The topological polar surface area (TPSA) is 86.8 Å². The predicted octanol–water partition coefficient (Wildman–Crippen LogP) is 8.27. The fourth-order valence-electron chi connectivity index (χ4n) is 5.86.